The van der Waals surface area contributed by atoms with Crippen LogP contribution in [0.3, 0.4) is 0 Å². The Morgan fingerprint density at radius 3 is 2.40 bits per heavy atom. The zero-order valence-electron chi connectivity index (χ0n) is 16.9. The summed E-state index contributed by atoms with van der Waals surface area (Å²) in [5, 5.41) is 13.5. The molecule has 0 aliphatic carbocycles. The number of nitrogens with one attached hydrogen (secondary N) is 1. The molecule has 2 aromatic rings. The second kappa shape index (κ2) is 9.14. The van der Waals surface area contributed by atoms with Crippen LogP contribution in [0, 0.1) is 0 Å². The van der Waals surface area contributed by atoms with Crippen molar-refractivity contribution in [3.05, 3.63) is 58.1 Å². The van der Waals surface area contributed by atoms with Crippen LogP contribution in [-0.2, 0) is 10.9 Å². The summed E-state index contributed by atoms with van der Waals surface area (Å²) in [5.74, 6) is -0.398. The molecule has 0 fully saturated rings. The first kappa shape index (κ1) is 23.8. The third-order valence-electron chi connectivity index (χ3n) is 3.88. The minimum Gasteiger partial charge on any atom is -0.493 e. The van der Waals surface area contributed by atoms with Crippen molar-refractivity contribution < 1.29 is 32.5 Å². The lowest BCUT2D eigenvalue weighted by atomic mass is 9.94. The third kappa shape index (κ3) is 6.03. The van der Waals surface area contributed by atoms with Crippen molar-refractivity contribution in [1.29, 1.82) is 0 Å². The lowest BCUT2D eigenvalue weighted by Gasteiger charge is -2.24. The molecule has 0 bridgehead atoms. The molecule has 0 radical (unpaired) electrons. The van der Waals surface area contributed by atoms with Gasteiger partial charge in [0.1, 0.15) is 23.0 Å². The number of carbonyl (C=O) groups is 1. The molecule has 1 atom stereocenters. The first-order valence-corrected chi connectivity index (χ1v) is 9.51. The summed E-state index contributed by atoms with van der Waals surface area (Å²) in [5.41, 5.74) is -2.26. The van der Waals surface area contributed by atoms with Crippen LogP contribution in [0.1, 0.15) is 50.5 Å². The molecule has 5 nitrogen and oxygen atoms in total. The van der Waals surface area contributed by atoms with Gasteiger partial charge < -0.3 is 14.6 Å². The Morgan fingerprint density at radius 2 is 1.83 bits per heavy atom. The molecule has 0 saturated carbocycles. The molecule has 30 heavy (non-hydrogen) atoms. The van der Waals surface area contributed by atoms with Gasteiger partial charge >= 0.3 is 12.3 Å². The number of benzene rings is 2. The van der Waals surface area contributed by atoms with Crippen LogP contribution in [0.2, 0.25) is 5.02 Å². The van der Waals surface area contributed by atoms with Gasteiger partial charge in [0.2, 0.25) is 0 Å². The average Bonchev–Trinajstić information content (AvgIpc) is 2.60. The maximum absolute atomic E-state index is 13.8. The molecular weight excluding hydrogens is 423 g/mol. The quantitative estimate of drug-likeness (QED) is 0.576. The van der Waals surface area contributed by atoms with E-state index in [0.29, 0.717) is 0 Å². The van der Waals surface area contributed by atoms with Crippen LogP contribution in [0.25, 0.3) is 0 Å². The summed E-state index contributed by atoms with van der Waals surface area (Å²) >= 11 is 6.00. The number of halogens is 4. The van der Waals surface area contributed by atoms with Crippen LogP contribution in [-0.4, -0.2) is 23.4 Å². The Hall–Kier alpha value is -2.45. The highest BCUT2D eigenvalue weighted by atomic mass is 35.5. The molecule has 1 amide bonds. The number of hydrogen-bond donors (Lipinski definition) is 2. The summed E-state index contributed by atoms with van der Waals surface area (Å²) < 4.78 is 51.6. The molecular formula is C21H23ClF3NO4. The lowest BCUT2D eigenvalue weighted by Crippen LogP contribution is -2.27. The van der Waals surface area contributed by atoms with Crippen molar-refractivity contribution in [2.24, 2.45) is 0 Å². The largest absolute Gasteiger partial charge is 0.493 e. The number of anilines is 1. The number of rotatable bonds is 5. The number of aliphatic hydroxyl groups is 1. The molecule has 1 unspecified atom stereocenters. The van der Waals surface area contributed by atoms with Gasteiger partial charge in [0.25, 0.3) is 0 Å². The molecule has 164 valence electrons. The number of aliphatic hydroxyl groups excluding tert-OH is 1. The molecule has 0 saturated heterocycles. The Bertz CT molecular complexity index is 910. The molecule has 2 N–H and O–H groups in total. The van der Waals surface area contributed by atoms with Crippen molar-refractivity contribution in [2.75, 3.05) is 11.9 Å². The van der Waals surface area contributed by atoms with Crippen LogP contribution < -0.4 is 10.1 Å². The summed E-state index contributed by atoms with van der Waals surface area (Å²) in [6.07, 6.45) is -7.34. The van der Waals surface area contributed by atoms with Gasteiger partial charge in [-0.25, -0.2) is 4.79 Å². The van der Waals surface area contributed by atoms with Gasteiger partial charge in [0.15, 0.2) is 0 Å². The molecule has 0 spiro atoms. The zero-order valence-corrected chi connectivity index (χ0v) is 17.7. The summed E-state index contributed by atoms with van der Waals surface area (Å²) in [4.78, 5) is 12.1. The molecule has 0 aliphatic rings. The Morgan fingerprint density at radius 1 is 1.17 bits per heavy atom. The number of amides is 1. The molecule has 9 heteroatoms. The standard InChI is InChI=1S/C21H23ClF3NO4/c1-5-29-16-8-6-7-13(17(16)21(23,24)25)18(27)14-11-12(22)9-10-15(14)26-19(28)30-20(2,3)4/h6-11,18,27H,5H2,1-4H3,(H,26,28). The highest BCUT2D eigenvalue weighted by molar-refractivity contribution is 6.30. The van der Waals surface area contributed by atoms with E-state index in [1.165, 1.54) is 30.3 Å². The first-order chi connectivity index (χ1) is 13.8. The fraction of sp³-hybridized carbons (Fsp3) is 0.381. The van der Waals surface area contributed by atoms with E-state index in [2.05, 4.69) is 5.32 Å². The van der Waals surface area contributed by atoms with Gasteiger partial charge in [-0.1, -0.05) is 23.7 Å². The molecule has 0 heterocycles. The maximum atomic E-state index is 13.8. The van der Waals surface area contributed by atoms with Crippen molar-refractivity contribution in [1.82, 2.24) is 0 Å². The Balaban J connectivity index is 2.54. The van der Waals surface area contributed by atoms with E-state index in [-0.39, 0.29) is 22.9 Å². The number of ether oxygens (including phenoxy) is 2. The van der Waals surface area contributed by atoms with E-state index < -0.39 is 40.9 Å². The monoisotopic (exact) mass is 445 g/mol. The number of carbonyl (C=O) groups excluding carboxylic acids is 1. The van der Waals surface area contributed by atoms with Crippen molar-refractivity contribution in [3.8, 4) is 5.75 Å². The van der Waals surface area contributed by atoms with Gasteiger partial charge in [-0.3, -0.25) is 5.32 Å². The van der Waals surface area contributed by atoms with Crippen LogP contribution in [0.5, 0.6) is 5.75 Å². The Kier molecular flexibility index (Phi) is 7.26. The van der Waals surface area contributed by atoms with Crippen molar-refractivity contribution in [2.45, 2.75) is 45.6 Å². The minimum absolute atomic E-state index is 0.0191. The Labute approximate surface area is 177 Å². The first-order valence-electron chi connectivity index (χ1n) is 9.14. The molecule has 2 rings (SSSR count). The number of hydrogen-bond acceptors (Lipinski definition) is 4. The topological polar surface area (TPSA) is 67.8 Å². The molecule has 2 aromatic carbocycles. The zero-order chi connectivity index (χ0) is 22.7. The number of alkyl halides is 3. The SMILES string of the molecule is CCOc1cccc(C(O)c2cc(Cl)ccc2NC(=O)OC(C)(C)C)c1C(F)(F)F. The smallest absolute Gasteiger partial charge is 0.420 e. The predicted molar refractivity (Wildman–Crippen MR) is 108 cm³/mol. The third-order valence-corrected chi connectivity index (χ3v) is 4.12. The highest BCUT2D eigenvalue weighted by Gasteiger charge is 2.39. The highest BCUT2D eigenvalue weighted by Crippen LogP contribution is 2.43. The maximum Gasteiger partial charge on any atom is 0.420 e. The van der Waals surface area contributed by atoms with Crippen molar-refractivity contribution in [3.63, 3.8) is 0 Å². The average molecular weight is 446 g/mol. The summed E-state index contributed by atoms with van der Waals surface area (Å²) in [6.45, 7) is 6.57. The van der Waals surface area contributed by atoms with Gasteiger partial charge in [0.05, 0.1) is 12.3 Å². The summed E-state index contributed by atoms with van der Waals surface area (Å²) in [6, 6.07) is 7.78. The lowest BCUT2D eigenvalue weighted by molar-refractivity contribution is -0.140. The molecule has 0 aliphatic heterocycles. The van der Waals surface area contributed by atoms with E-state index >= 15 is 0 Å². The normalized spacial score (nSPS) is 13.0. The predicted octanol–water partition coefficient (Wildman–Crippen LogP) is 6.19. The van der Waals surface area contributed by atoms with E-state index in [0.717, 1.165) is 6.07 Å². The van der Waals surface area contributed by atoms with E-state index in [4.69, 9.17) is 21.1 Å². The van der Waals surface area contributed by atoms with E-state index in [1.807, 2.05) is 0 Å². The van der Waals surface area contributed by atoms with Crippen molar-refractivity contribution >= 4 is 23.4 Å². The van der Waals surface area contributed by atoms with Crippen LogP contribution >= 0.6 is 11.6 Å². The second-order valence-electron chi connectivity index (χ2n) is 7.41. The van der Waals surface area contributed by atoms with Crippen LogP contribution in [0.15, 0.2) is 36.4 Å². The molecule has 0 aromatic heterocycles. The van der Waals surface area contributed by atoms with Gasteiger partial charge in [-0.2, -0.15) is 13.2 Å². The van der Waals surface area contributed by atoms with E-state index in [1.54, 1.807) is 27.7 Å². The van der Waals surface area contributed by atoms with Gasteiger partial charge in [-0.15, -0.1) is 0 Å². The fourth-order valence-corrected chi connectivity index (χ4v) is 2.99. The van der Waals surface area contributed by atoms with Gasteiger partial charge in [-0.05, 0) is 52.0 Å². The van der Waals surface area contributed by atoms with Crippen LogP contribution in [0.4, 0.5) is 23.7 Å². The fourth-order valence-electron chi connectivity index (χ4n) is 2.81. The minimum atomic E-state index is -4.78. The van der Waals surface area contributed by atoms with E-state index in [9.17, 15) is 23.1 Å². The van der Waals surface area contributed by atoms with Gasteiger partial charge in [0, 0.05) is 16.1 Å². The second-order valence-corrected chi connectivity index (χ2v) is 7.85. The summed E-state index contributed by atoms with van der Waals surface area (Å²) in [7, 11) is 0.